The van der Waals surface area contributed by atoms with Crippen molar-refractivity contribution in [3.8, 4) is 17.0 Å². The predicted octanol–water partition coefficient (Wildman–Crippen LogP) is 5.23. The lowest BCUT2D eigenvalue weighted by Gasteiger charge is -2.08. The topological polar surface area (TPSA) is 51.2 Å². The van der Waals surface area contributed by atoms with E-state index < -0.39 is 22.9 Å². The zero-order valence-electron chi connectivity index (χ0n) is 13.8. The van der Waals surface area contributed by atoms with E-state index in [1.54, 1.807) is 0 Å². The van der Waals surface area contributed by atoms with Crippen LogP contribution in [0.4, 0.5) is 23.2 Å². The largest absolute Gasteiger partial charge is 0.497 e. The molecule has 1 amide bonds. The molecule has 3 rings (SSSR count). The number of hydrogen-bond donors (Lipinski definition) is 1. The second-order valence-corrected chi connectivity index (χ2v) is 6.27. The number of aromatic nitrogens is 1. The summed E-state index contributed by atoms with van der Waals surface area (Å²) in [5.41, 5.74) is 0.862. The van der Waals surface area contributed by atoms with E-state index in [0.717, 1.165) is 6.07 Å². The Morgan fingerprint density at radius 2 is 1.85 bits per heavy atom. The van der Waals surface area contributed by atoms with Crippen molar-refractivity contribution < 1.29 is 27.1 Å². The molecule has 2 aromatic carbocycles. The fourth-order valence-corrected chi connectivity index (χ4v) is 2.96. The summed E-state index contributed by atoms with van der Waals surface area (Å²) in [6.07, 6.45) is -4.49. The highest BCUT2D eigenvalue weighted by Crippen LogP contribution is 2.34. The lowest BCUT2D eigenvalue weighted by Crippen LogP contribution is -2.13. The maximum Gasteiger partial charge on any atom is 0.443 e. The van der Waals surface area contributed by atoms with Crippen molar-refractivity contribution in [2.75, 3.05) is 12.4 Å². The van der Waals surface area contributed by atoms with E-state index in [1.165, 1.54) is 48.9 Å². The molecule has 0 spiro atoms. The molecule has 0 saturated heterocycles. The highest BCUT2D eigenvalue weighted by molar-refractivity contribution is 7.10. The number of rotatable bonds is 4. The van der Waals surface area contributed by atoms with Gasteiger partial charge in [0.1, 0.15) is 11.6 Å². The molecule has 0 radical (unpaired) electrons. The van der Waals surface area contributed by atoms with Crippen LogP contribution in [0.1, 0.15) is 15.4 Å². The van der Waals surface area contributed by atoms with Crippen LogP contribution in [0.2, 0.25) is 0 Å². The molecule has 3 aromatic rings. The van der Waals surface area contributed by atoms with Crippen LogP contribution >= 0.6 is 11.3 Å². The maximum atomic E-state index is 13.9. The standard InChI is InChI=1S/C18H12F4N2O2S/c1-26-12-6-7-13(14(19)8-12)16(25)23-11-4-2-10(3-5-11)15-9-27-17(24-15)18(20,21)22/h2-9H,1H3,(H,23,25). The lowest BCUT2D eigenvalue weighted by molar-refractivity contribution is -0.137. The number of halogens is 4. The Bertz CT molecular complexity index is 968. The van der Waals surface area contributed by atoms with Crippen molar-refractivity contribution in [1.29, 1.82) is 0 Å². The molecule has 0 saturated carbocycles. The highest BCUT2D eigenvalue weighted by atomic mass is 32.1. The molecule has 0 atom stereocenters. The summed E-state index contributed by atoms with van der Waals surface area (Å²) in [6.45, 7) is 0. The normalized spacial score (nSPS) is 11.3. The third-order valence-corrected chi connectivity index (χ3v) is 4.49. The van der Waals surface area contributed by atoms with Crippen molar-refractivity contribution in [2.45, 2.75) is 6.18 Å². The van der Waals surface area contributed by atoms with Gasteiger partial charge in [-0.1, -0.05) is 12.1 Å². The predicted molar refractivity (Wildman–Crippen MR) is 93.5 cm³/mol. The molecule has 1 heterocycles. The average Bonchev–Trinajstić information content (AvgIpc) is 3.12. The number of carbonyl (C=O) groups is 1. The van der Waals surface area contributed by atoms with E-state index in [2.05, 4.69) is 10.3 Å². The summed E-state index contributed by atoms with van der Waals surface area (Å²) in [7, 11) is 1.38. The molecule has 4 nitrogen and oxygen atoms in total. The summed E-state index contributed by atoms with van der Waals surface area (Å²) >= 11 is 0.510. The number of nitrogens with zero attached hydrogens (tertiary/aromatic N) is 1. The summed E-state index contributed by atoms with van der Waals surface area (Å²) in [5.74, 6) is -1.10. The van der Waals surface area contributed by atoms with Gasteiger partial charge in [0, 0.05) is 22.7 Å². The van der Waals surface area contributed by atoms with Gasteiger partial charge in [0.2, 0.25) is 0 Å². The second kappa shape index (κ2) is 7.36. The molecular weight excluding hydrogens is 384 g/mol. The van der Waals surface area contributed by atoms with Gasteiger partial charge in [-0.3, -0.25) is 4.79 Å². The first-order valence-electron chi connectivity index (χ1n) is 7.56. The van der Waals surface area contributed by atoms with Gasteiger partial charge in [-0.25, -0.2) is 9.37 Å². The Hall–Kier alpha value is -2.94. The molecule has 0 aliphatic heterocycles. The quantitative estimate of drug-likeness (QED) is 0.615. The number of nitrogens with one attached hydrogen (secondary N) is 1. The number of benzene rings is 2. The van der Waals surface area contributed by atoms with Gasteiger partial charge < -0.3 is 10.1 Å². The summed E-state index contributed by atoms with van der Waals surface area (Å²) in [4.78, 5) is 15.7. The SMILES string of the molecule is COc1ccc(C(=O)Nc2ccc(-c3csc(C(F)(F)F)n3)cc2)c(F)c1. The molecular formula is C18H12F4N2O2S. The highest BCUT2D eigenvalue weighted by Gasteiger charge is 2.34. The maximum absolute atomic E-state index is 13.9. The number of methoxy groups -OCH3 is 1. The fourth-order valence-electron chi connectivity index (χ4n) is 2.27. The molecule has 9 heteroatoms. The lowest BCUT2D eigenvalue weighted by atomic mass is 10.1. The van der Waals surface area contributed by atoms with E-state index in [-0.39, 0.29) is 17.0 Å². The molecule has 27 heavy (non-hydrogen) atoms. The van der Waals surface area contributed by atoms with Gasteiger partial charge >= 0.3 is 6.18 Å². The summed E-state index contributed by atoms with van der Waals surface area (Å²) < 4.78 is 56.7. The van der Waals surface area contributed by atoms with E-state index in [0.29, 0.717) is 22.6 Å². The third kappa shape index (κ3) is 4.25. The van der Waals surface area contributed by atoms with Crippen LogP contribution in [-0.4, -0.2) is 18.0 Å². The second-order valence-electron chi connectivity index (χ2n) is 5.41. The smallest absolute Gasteiger partial charge is 0.443 e. The van der Waals surface area contributed by atoms with Crippen LogP contribution < -0.4 is 10.1 Å². The van der Waals surface area contributed by atoms with E-state index in [9.17, 15) is 22.4 Å². The van der Waals surface area contributed by atoms with Gasteiger partial charge in [-0.2, -0.15) is 13.2 Å². The van der Waals surface area contributed by atoms with Crippen LogP contribution in [0.5, 0.6) is 5.75 Å². The van der Waals surface area contributed by atoms with Gasteiger partial charge in [-0.05, 0) is 24.3 Å². The molecule has 140 valence electrons. The Labute approximate surface area is 155 Å². The third-order valence-electron chi connectivity index (χ3n) is 3.61. The molecule has 0 unspecified atom stereocenters. The fraction of sp³-hybridized carbons (Fsp3) is 0.111. The van der Waals surface area contributed by atoms with Crippen molar-refractivity contribution in [1.82, 2.24) is 4.98 Å². The van der Waals surface area contributed by atoms with Crippen LogP contribution in [0.15, 0.2) is 47.8 Å². The van der Waals surface area contributed by atoms with E-state index >= 15 is 0 Å². The Balaban J connectivity index is 1.74. The Morgan fingerprint density at radius 3 is 2.41 bits per heavy atom. The van der Waals surface area contributed by atoms with E-state index in [1.807, 2.05) is 0 Å². The number of alkyl halides is 3. The van der Waals surface area contributed by atoms with Gasteiger partial charge in [0.25, 0.3) is 5.91 Å². The minimum Gasteiger partial charge on any atom is -0.497 e. The number of hydrogen-bond acceptors (Lipinski definition) is 4. The summed E-state index contributed by atoms with van der Waals surface area (Å²) in [6, 6.07) is 9.90. The molecule has 0 bridgehead atoms. The molecule has 0 aliphatic carbocycles. The van der Waals surface area contributed by atoms with Crippen molar-refractivity contribution in [2.24, 2.45) is 0 Å². The van der Waals surface area contributed by atoms with Gasteiger partial charge in [-0.15, -0.1) is 11.3 Å². The molecule has 0 aliphatic rings. The molecule has 1 aromatic heterocycles. The first-order valence-corrected chi connectivity index (χ1v) is 8.44. The summed E-state index contributed by atoms with van der Waals surface area (Å²) in [5, 5.41) is 2.91. The number of carbonyl (C=O) groups excluding carboxylic acids is 1. The molecule has 1 N–H and O–H groups in total. The number of ether oxygens (including phenoxy) is 1. The monoisotopic (exact) mass is 396 g/mol. The van der Waals surface area contributed by atoms with Gasteiger partial charge in [0.05, 0.1) is 18.4 Å². The zero-order valence-corrected chi connectivity index (χ0v) is 14.6. The Morgan fingerprint density at radius 1 is 1.15 bits per heavy atom. The number of amides is 1. The van der Waals surface area contributed by atoms with Crippen molar-refractivity contribution in [3.63, 3.8) is 0 Å². The zero-order chi connectivity index (χ0) is 19.6. The van der Waals surface area contributed by atoms with Crippen LogP contribution in [0.3, 0.4) is 0 Å². The average molecular weight is 396 g/mol. The minimum atomic E-state index is -4.49. The van der Waals surface area contributed by atoms with Crippen LogP contribution in [-0.2, 0) is 6.18 Å². The first kappa shape index (κ1) is 18.8. The van der Waals surface area contributed by atoms with Crippen molar-refractivity contribution in [3.05, 3.63) is 64.2 Å². The Kier molecular flexibility index (Phi) is 5.13. The van der Waals surface area contributed by atoms with E-state index in [4.69, 9.17) is 4.74 Å². The van der Waals surface area contributed by atoms with Gasteiger partial charge in [0.15, 0.2) is 5.01 Å². The van der Waals surface area contributed by atoms with Crippen molar-refractivity contribution >= 4 is 22.9 Å². The van der Waals surface area contributed by atoms with Crippen LogP contribution in [0.25, 0.3) is 11.3 Å². The van der Waals surface area contributed by atoms with Crippen LogP contribution in [0, 0.1) is 5.82 Å². The minimum absolute atomic E-state index is 0.158. The number of thiazole rings is 1. The molecule has 0 fully saturated rings. The number of anilines is 1. The first-order chi connectivity index (χ1) is 12.8.